The predicted octanol–water partition coefficient (Wildman–Crippen LogP) is -1.73. The monoisotopic (exact) mass is 522 g/mol. The summed E-state index contributed by atoms with van der Waals surface area (Å²) in [7, 11) is 7.17. The van der Waals surface area contributed by atoms with Gasteiger partial charge >= 0.3 is 138 Å². The molecule has 0 aliphatic carbocycles. The fourth-order valence-electron chi connectivity index (χ4n) is 1.53. The maximum absolute atomic E-state index is 5.79. The van der Waals surface area contributed by atoms with Crippen LogP contribution in [-0.2, 0) is 5.08 Å². The zero-order chi connectivity index (χ0) is 9.76. The van der Waals surface area contributed by atoms with Gasteiger partial charge in [0.15, 0.2) is 0 Å². The van der Waals surface area contributed by atoms with Gasteiger partial charge in [-0.3, -0.25) is 0 Å². The third kappa shape index (κ3) is 3.49. The molecule has 0 saturated heterocycles. The summed E-state index contributed by atoms with van der Waals surface area (Å²) in [6.07, 6.45) is 0. The first-order chi connectivity index (χ1) is 6.68. The molecule has 1 aliphatic heterocycles. The van der Waals surface area contributed by atoms with Crippen molar-refractivity contribution < 1.29 is 143 Å². The Morgan fingerprint density at radius 3 is 2.38 bits per heavy atom. The second-order valence-corrected chi connectivity index (χ2v) is 6.80. The molecule has 0 saturated carbocycles. The Labute approximate surface area is 226 Å². The summed E-state index contributed by atoms with van der Waals surface area (Å²) in [4.78, 5) is 2.51. The average molecular weight is 522 g/mol. The fourth-order valence-corrected chi connectivity index (χ4v) is 4.29. The van der Waals surface area contributed by atoms with Crippen LogP contribution in [0.5, 0.6) is 5.75 Å². The fraction of sp³-hybridized carbons (Fsp3) is 0.111. The van der Waals surface area contributed by atoms with E-state index in [0.29, 0.717) is 0 Å². The largest absolute Gasteiger partial charge is 1.00 e. The molecular weight excluding hydrogens is 516 g/mol. The first kappa shape index (κ1) is 18.2. The Hall–Kier alpha value is 4.16. The minimum Gasteiger partial charge on any atom is -0.542 e. The average Bonchev–Trinajstić information content (AvgIpc) is 2.66. The van der Waals surface area contributed by atoms with E-state index in [9.17, 15) is 0 Å². The van der Waals surface area contributed by atoms with Crippen LogP contribution in [0, 0.1) is 0 Å². The van der Waals surface area contributed by atoms with Crippen molar-refractivity contribution in [1.82, 2.24) is 0 Å². The predicted molar refractivity (Wildman–Crippen MR) is 66.6 cm³/mol. The molecule has 3 heterocycles. The van der Waals surface area contributed by atoms with E-state index in [2.05, 4.69) is 29.9 Å². The van der Waals surface area contributed by atoms with Crippen LogP contribution in [0.2, 0.25) is 0 Å². The van der Waals surface area contributed by atoms with Gasteiger partial charge in [-0.05, 0) is 28.5 Å². The second kappa shape index (κ2) is 7.43. The third-order valence-corrected chi connectivity index (χ3v) is 4.86. The van der Waals surface area contributed by atoms with E-state index in [-0.39, 0.29) is 138 Å². The van der Waals surface area contributed by atoms with Gasteiger partial charge in [0.25, 0.3) is 0 Å². The molecule has 0 bridgehead atoms. The quantitative estimate of drug-likeness (QED) is 0.375. The molecule has 0 unspecified atom stereocenters. The van der Waals surface area contributed by atoms with E-state index in [1.54, 1.807) is 22.7 Å². The summed E-state index contributed by atoms with van der Waals surface area (Å²) in [5, 5.41) is 3.56. The van der Waals surface area contributed by atoms with Crippen LogP contribution in [0.25, 0.3) is 9.75 Å². The normalized spacial score (nSPS) is 14.9. The van der Waals surface area contributed by atoms with E-state index in [1.165, 1.54) is 9.75 Å². The summed E-state index contributed by atoms with van der Waals surface area (Å²) in [6.45, 7) is 0. The molecule has 0 N–H and O–H groups in total. The van der Waals surface area contributed by atoms with Gasteiger partial charge in [-0.15, -0.1) is 27.8 Å². The summed E-state index contributed by atoms with van der Waals surface area (Å²) < 4.78 is 5.79. The van der Waals surface area contributed by atoms with Crippen LogP contribution in [0.15, 0.2) is 22.9 Å². The van der Waals surface area contributed by atoms with Crippen molar-refractivity contribution in [3.63, 3.8) is 0 Å². The molecule has 1 aliphatic rings. The molecule has 0 aromatic carbocycles. The molecule has 0 atom stereocenters. The Morgan fingerprint density at radius 2 is 1.62 bits per heavy atom. The van der Waals surface area contributed by atoms with Crippen molar-refractivity contribution in [3.05, 3.63) is 28.5 Å². The van der Waals surface area contributed by atoms with Gasteiger partial charge in [0.1, 0.15) is 5.75 Å². The number of thiophene rings is 2. The molecule has 0 amide bonds. The Morgan fingerprint density at radius 1 is 1.00 bits per heavy atom. The van der Waals surface area contributed by atoms with Crippen molar-refractivity contribution in [2.24, 2.45) is 0 Å². The topological polar surface area (TPSA) is 9.23 Å². The van der Waals surface area contributed by atoms with E-state index in [1.807, 2.05) is 11.4 Å². The maximum Gasteiger partial charge on any atom is 1.00 e. The first-order valence-corrected chi connectivity index (χ1v) is 6.79. The van der Waals surface area contributed by atoms with Gasteiger partial charge in [-0.1, -0.05) is 0 Å². The maximum atomic E-state index is 5.79. The van der Waals surface area contributed by atoms with Gasteiger partial charge < -0.3 is 23.2 Å². The molecule has 72 valence electrons. The van der Waals surface area contributed by atoms with Gasteiger partial charge in [0, 0.05) is 0 Å². The molecule has 3 rings (SSSR count). The molecular formula is C9H6Cs2OP2S2. The summed E-state index contributed by atoms with van der Waals surface area (Å²) >= 11 is 3.46. The number of ether oxygens (including phenoxy) is 1. The second-order valence-electron chi connectivity index (χ2n) is 3.06. The summed E-state index contributed by atoms with van der Waals surface area (Å²) in [5.74, 6) is 0.940. The van der Waals surface area contributed by atoms with Crippen molar-refractivity contribution >= 4 is 41.2 Å². The Kier molecular flexibility index (Phi) is 8.46. The number of hydrogen-bond acceptors (Lipinski definition) is 3. The molecule has 7 heteroatoms. The first-order valence-electron chi connectivity index (χ1n) is 4.03. The SMILES string of the molecule is [Cs+].[Cs+].[PH-]C1([PH-])Oc2ccsc2-c2sccc21. The van der Waals surface area contributed by atoms with Gasteiger partial charge in [0.2, 0.25) is 0 Å². The van der Waals surface area contributed by atoms with Crippen LogP contribution >= 0.6 is 41.2 Å². The van der Waals surface area contributed by atoms with E-state index in [4.69, 9.17) is 4.74 Å². The molecule has 0 fully saturated rings. The summed E-state index contributed by atoms with van der Waals surface area (Å²) in [6, 6.07) is 4.07. The van der Waals surface area contributed by atoms with Crippen LogP contribution in [0.1, 0.15) is 5.56 Å². The van der Waals surface area contributed by atoms with E-state index in [0.717, 1.165) is 11.3 Å². The van der Waals surface area contributed by atoms with Crippen molar-refractivity contribution in [3.8, 4) is 15.5 Å². The van der Waals surface area contributed by atoms with Crippen LogP contribution in [0.3, 0.4) is 0 Å². The number of fused-ring (bicyclic) bond motifs is 3. The van der Waals surface area contributed by atoms with Crippen molar-refractivity contribution in [2.45, 2.75) is 5.08 Å². The zero-order valence-corrected chi connectivity index (χ0v) is 25.2. The Balaban J connectivity index is 0.000000640. The van der Waals surface area contributed by atoms with Crippen LogP contribution in [0.4, 0.5) is 0 Å². The molecule has 0 spiro atoms. The van der Waals surface area contributed by atoms with Gasteiger partial charge in [0.05, 0.1) is 9.75 Å². The minimum atomic E-state index is -0.566. The van der Waals surface area contributed by atoms with E-state index >= 15 is 0 Å². The molecule has 1 nitrogen and oxygen atoms in total. The molecule has 2 aromatic heterocycles. The number of rotatable bonds is 0. The molecule has 0 radical (unpaired) electrons. The Bertz CT molecular complexity index is 495. The minimum absolute atomic E-state index is 0. The third-order valence-electron chi connectivity index (χ3n) is 2.14. The van der Waals surface area contributed by atoms with Crippen molar-refractivity contribution in [2.75, 3.05) is 0 Å². The summed E-state index contributed by atoms with van der Waals surface area (Å²) in [5.41, 5.74) is 1.14. The smallest absolute Gasteiger partial charge is 0.542 e. The van der Waals surface area contributed by atoms with Crippen LogP contribution < -0.4 is 143 Å². The van der Waals surface area contributed by atoms with E-state index < -0.39 is 5.08 Å². The van der Waals surface area contributed by atoms with Gasteiger partial charge in [-0.2, -0.15) is 0 Å². The molecule has 16 heavy (non-hydrogen) atoms. The zero-order valence-electron chi connectivity index (χ0n) is 9.03. The number of hydrogen-bond donors (Lipinski definition) is 0. The van der Waals surface area contributed by atoms with Gasteiger partial charge in [-0.25, -0.2) is 0 Å². The van der Waals surface area contributed by atoms with Crippen molar-refractivity contribution in [1.29, 1.82) is 0 Å². The standard InChI is InChI=1S/C9H6OP2S2.2Cs/c11-9(12)5-1-3-13-7(5)8-6(10-9)2-4-14-8;;/h1-4,11-12H;;/q-2;2*+1. The molecule has 2 aromatic rings. The van der Waals surface area contributed by atoms with Crippen LogP contribution in [-0.4, -0.2) is 0 Å².